The van der Waals surface area contributed by atoms with Gasteiger partial charge in [-0.25, -0.2) is 0 Å². The minimum atomic E-state index is -0.218. The number of anilines is 1. The van der Waals surface area contributed by atoms with Crippen LogP contribution in [0.25, 0.3) is 0 Å². The van der Waals surface area contributed by atoms with Gasteiger partial charge in [0.25, 0.3) is 5.91 Å². The molecule has 4 N–H and O–H groups in total. The number of unbranched alkanes of at least 4 members (excludes halogenated alkanes) is 1. The van der Waals surface area contributed by atoms with Gasteiger partial charge in [-0.1, -0.05) is 13.3 Å². The number of aromatic amines is 2. The molecule has 0 aliphatic carbocycles. The van der Waals surface area contributed by atoms with Crippen molar-refractivity contribution in [3.63, 3.8) is 0 Å². The molecule has 0 fully saturated rings. The molecule has 0 unspecified atom stereocenters. The monoisotopic (exact) mass is 288 g/mol. The summed E-state index contributed by atoms with van der Waals surface area (Å²) in [7, 11) is 0. The van der Waals surface area contributed by atoms with E-state index >= 15 is 0 Å². The molecule has 112 valence electrons. The summed E-state index contributed by atoms with van der Waals surface area (Å²) in [5, 5.41) is 20.2. The maximum Gasteiger partial charge on any atom is 0.277 e. The van der Waals surface area contributed by atoms with Crippen molar-refractivity contribution in [1.82, 2.24) is 25.7 Å². The van der Waals surface area contributed by atoms with E-state index in [4.69, 9.17) is 0 Å². The summed E-state index contributed by atoms with van der Waals surface area (Å²) in [5.74, 6) is 0.330. The van der Waals surface area contributed by atoms with Gasteiger partial charge < -0.3 is 10.6 Å². The highest BCUT2D eigenvalue weighted by atomic mass is 16.2. The number of aromatic nitrogens is 4. The molecule has 1 aliphatic heterocycles. The van der Waals surface area contributed by atoms with Crippen LogP contribution < -0.4 is 10.6 Å². The van der Waals surface area contributed by atoms with E-state index < -0.39 is 0 Å². The molecule has 7 nitrogen and oxygen atoms in total. The average Bonchev–Trinajstić information content (AvgIpc) is 3.11. The van der Waals surface area contributed by atoms with Gasteiger partial charge in [0, 0.05) is 42.5 Å². The first kappa shape index (κ1) is 13.8. The van der Waals surface area contributed by atoms with Gasteiger partial charge in [0.05, 0.1) is 0 Å². The van der Waals surface area contributed by atoms with Crippen LogP contribution in [0.5, 0.6) is 0 Å². The van der Waals surface area contributed by atoms with E-state index in [0.717, 1.165) is 49.2 Å². The third-order valence-corrected chi connectivity index (χ3v) is 3.69. The van der Waals surface area contributed by atoms with Crippen LogP contribution in [0.3, 0.4) is 0 Å². The molecule has 0 saturated carbocycles. The molecule has 3 heterocycles. The lowest BCUT2D eigenvalue weighted by molar-refractivity contribution is 0.102. The first-order valence-corrected chi connectivity index (χ1v) is 7.40. The summed E-state index contributed by atoms with van der Waals surface area (Å²) >= 11 is 0. The van der Waals surface area contributed by atoms with E-state index in [1.54, 1.807) is 0 Å². The van der Waals surface area contributed by atoms with Gasteiger partial charge in [-0.15, -0.1) is 0 Å². The average molecular weight is 288 g/mol. The molecule has 0 saturated heterocycles. The van der Waals surface area contributed by atoms with Gasteiger partial charge in [0.15, 0.2) is 11.5 Å². The third-order valence-electron chi connectivity index (χ3n) is 3.69. The van der Waals surface area contributed by atoms with Crippen LogP contribution in [-0.4, -0.2) is 32.8 Å². The van der Waals surface area contributed by atoms with Gasteiger partial charge in [-0.05, 0) is 12.8 Å². The van der Waals surface area contributed by atoms with Crippen molar-refractivity contribution in [3.8, 4) is 0 Å². The Kier molecular flexibility index (Phi) is 4.01. The van der Waals surface area contributed by atoms with E-state index in [9.17, 15) is 4.79 Å². The molecule has 0 aromatic carbocycles. The fourth-order valence-corrected chi connectivity index (χ4v) is 2.51. The fraction of sp³-hybridized carbons (Fsp3) is 0.500. The van der Waals surface area contributed by atoms with Crippen molar-refractivity contribution in [2.75, 3.05) is 11.9 Å². The Hall–Kier alpha value is -2.15. The Balaban J connectivity index is 1.68. The number of nitrogens with zero attached hydrogens (tertiary/aromatic N) is 2. The Labute approximate surface area is 122 Å². The predicted molar refractivity (Wildman–Crippen MR) is 79.2 cm³/mol. The summed E-state index contributed by atoms with van der Waals surface area (Å²) in [6.07, 6.45) is 4.06. The number of carbonyl (C=O) groups is 1. The SMILES string of the molecule is CCCCc1cc(NC(=O)c2n[nH]c3c2CNCC3)n[nH]1. The summed E-state index contributed by atoms with van der Waals surface area (Å²) in [6.45, 7) is 3.74. The topological polar surface area (TPSA) is 98.5 Å². The number of hydrogen-bond donors (Lipinski definition) is 4. The molecule has 1 aliphatic rings. The van der Waals surface area contributed by atoms with E-state index in [1.807, 2.05) is 6.07 Å². The Morgan fingerprint density at radius 1 is 1.38 bits per heavy atom. The minimum absolute atomic E-state index is 0.218. The van der Waals surface area contributed by atoms with Crippen LogP contribution in [0.2, 0.25) is 0 Å². The molecule has 2 aromatic rings. The van der Waals surface area contributed by atoms with Crippen molar-refractivity contribution in [2.45, 2.75) is 39.2 Å². The maximum atomic E-state index is 12.3. The number of aryl methyl sites for hydroxylation is 1. The molecule has 0 atom stereocenters. The van der Waals surface area contributed by atoms with Gasteiger partial charge in [0.2, 0.25) is 0 Å². The van der Waals surface area contributed by atoms with Crippen molar-refractivity contribution in [1.29, 1.82) is 0 Å². The Bertz CT molecular complexity index is 629. The zero-order chi connectivity index (χ0) is 14.7. The molecule has 0 spiro atoms. The molecule has 0 radical (unpaired) electrons. The first-order chi connectivity index (χ1) is 10.3. The van der Waals surface area contributed by atoms with Crippen molar-refractivity contribution in [3.05, 3.63) is 28.7 Å². The van der Waals surface area contributed by atoms with Crippen LogP contribution in [0.15, 0.2) is 6.07 Å². The van der Waals surface area contributed by atoms with Gasteiger partial charge >= 0.3 is 0 Å². The highest BCUT2D eigenvalue weighted by molar-refractivity contribution is 6.03. The number of hydrogen-bond acceptors (Lipinski definition) is 4. The second-order valence-electron chi connectivity index (χ2n) is 5.29. The predicted octanol–water partition coefficient (Wildman–Crippen LogP) is 1.37. The van der Waals surface area contributed by atoms with E-state index in [2.05, 4.69) is 38.0 Å². The molecule has 21 heavy (non-hydrogen) atoms. The van der Waals surface area contributed by atoms with Crippen LogP contribution in [0, 0.1) is 0 Å². The number of H-pyrrole nitrogens is 2. The zero-order valence-corrected chi connectivity index (χ0v) is 12.1. The lowest BCUT2D eigenvalue weighted by atomic mass is 10.1. The van der Waals surface area contributed by atoms with Gasteiger partial charge in [-0.3, -0.25) is 15.0 Å². The number of carbonyl (C=O) groups excluding carboxylic acids is 1. The molecule has 3 rings (SSSR count). The fourth-order valence-electron chi connectivity index (χ4n) is 2.51. The number of amides is 1. The van der Waals surface area contributed by atoms with E-state index in [0.29, 0.717) is 18.1 Å². The van der Waals surface area contributed by atoms with Crippen molar-refractivity contribution in [2.24, 2.45) is 0 Å². The summed E-state index contributed by atoms with van der Waals surface area (Å²) in [4.78, 5) is 12.3. The Morgan fingerprint density at radius 2 is 2.29 bits per heavy atom. The van der Waals surface area contributed by atoms with E-state index in [-0.39, 0.29) is 5.91 Å². The number of nitrogens with one attached hydrogen (secondary N) is 4. The van der Waals surface area contributed by atoms with Gasteiger partial charge in [-0.2, -0.15) is 10.2 Å². The smallest absolute Gasteiger partial charge is 0.277 e. The number of rotatable bonds is 5. The molecule has 1 amide bonds. The summed E-state index contributed by atoms with van der Waals surface area (Å²) < 4.78 is 0. The highest BCUT2D eigenvalue weighted by Gasteiger charge is 2.22. The summed E-state index contributed by atoms with van der Waals surface area (Å²) in [6, 6.07) is 1.88. The van der Waals surface area contributed by atoms with Gasteiger partial charge in [0.1, 0.15) is 0 Å². The maximum absolute atomic E-state index is 12.3. The normalized spacial score (nSPS) is 14.0. The Morgan fingerprint density at radius 3 is 3.14 bits per heavy atom. The molecular weight excluding hydrogens is 268 g/mol. The number of fused-ring (bicyclic) bond motifs is 1. The highest BCUT2D eigenvalue weighted by Crippen LogP contribution is 2.17. The molecular formula is C14H20N6O. The quantitative estimate of drug-likeness (QED) is 0.668. The van der Waals surface area contributed by atoms with Crippen molar-refractivity contribution < 1.29 is 4.79 Å². The third kappa shape index (κ3) is 2.97. The molecule has 2 aromatic heterocycles. The zero-order valence-electron chi connectivity index (χ0n) is 12.1. The van der Waals surface area contributed by atoms with Crippen LogP contribution in [0.4, 0.5) is 5.82 Å². The minimum Gasteiger partial charge on any atom is -0.312 e. The van der Waals surface area contributed by atoms with Crippen LogP contribution in [-0.2, 0) is 19.4 Å². The second kappa shape index (κ2) is 6.09. The lowest BCUT2D eigenvalue weighted by Crippen LogP contribution is -2.25. The largest absolute Gasteiger partial charge is 0.312 e. The molecule has 0 bridgehead atoms. The molecule has 7 heteroatoms. The standard InChI is InChI=1S/C14H20N6O/c1-2-3-4-9-7-12(19-17-9)16-14(21)13-10-8-15-6-5-11(10)18-20-13/h7,15H,2-6,8H2,1H3,(H,18,20)(H2,16,17,19,21). The van der Waals surface area contributed by atoms with Crippen LogP contribution in [0.1, 0.15) is 47.2 Å². The van der Waals surface area contributed by atoms with Crippen molar-refractivity contribution >= 4 is 11.7 Å². The van der Waals surface area contributed by atoms with Crippen LogP contribution >= 0.6 is 0 Å². The second-order valence-corrected chi connectivity index (χ2v) is 5.29. The first-order valence-electron chi connectivity index (χ1n) is 7.40. The summed E-state index contributed by atoms with van der Waals surface area (Å²) in [5.41, 5.74) is 3.50. The van der Waals surface area contributed by atoms with E-state index in [1.165, 1.54) is 0 Å². The lowest BCUT2D eigenvalue weighted by Gasteiger charge is -2.12.